The first kappa shape index (κ1) is 26.0. The Labute approximate surface area is 270 Å². The summed E-state index contributed by atoms with van der Waals surface area (Å²) in [6.45, 7) is 0. The molecular formula is C44H27NO2. The van der Waals surface area contributed by atoms with Crippen molar-refractivity contribution in [3.63, 3.8) is 0 Å². The SMILES string of the molecule is c1ccc(-c2ccc3c(c2)oc2cc(N(c4ccc5c(c4)oc4ccccc45)c4cc5ccccc5c5ccccc45)ccc23)cc1. The van der Waals surface area contributed by atoms with Crippen LogP contribution in [-0.2, 0) is 0 Å². The van der Waals surface area contributed by atoms with Gasteiger partial charge >= 0.3 is 0 Å². The molecule has 0 atom stereocenters. The highest BCUT2D eigenvalue weighted by Crippen LogP contribution is 2.45. The summed E-state index contributed by atoms with van der Waals surface area (Å²) < 4.78 is 13.0. The molecule has 2 heterocycles. The average Bonchev–Trinajstić information content (AvgIpc) is 3.69. The molecule has 3 heteroatoms. The molecule has 0 radical (unpaired) electrons. The molecular weight excluding hydrogens is 574 g/mol. The topological polar surface area (TPSA) is 29.5 Å². The second-order valence-corrected chi connectivity index (χ2v) is 12.1. The van der Waals surface area contributed by atoms with E-state index in [4.69, 9.17) is 8.83 Å². The van der Waals surface area contributed by atoms with Crippen LogP contribution in [0.4, 0.5) is 17.1 Å². The highest BCUT2D eigenvalue weighted by molar-refractivity contribution is 6.15. The summed E-state index contributed by atoms with van der Waals surface area (Å²) >= 11 is 0. The van der Waals surface area contributed by atoms with Gasteiger partial charge in [0.1, 0.15) is 22.3 Å². The minimum Gasteiger partial charge on any atom is -0.456 e. The van der Waals surface area contributed by atoms with Crippen LogP contribution in [0.5, 0.6) is 0 Å². The van der Waals surface area contributed by atoms with Gasteiger partial charge in [-0.2, -0.15) is 0 Å². The number of hydrogen-bond donors (Lipinski definition) is 0. The second kappa shape index (κ2) is 10.1. The number of para-hydroxylation sites is 1. The fraction of sp³-hybridized carbons (Fsp3) is 0. The van der Waals surface area contributed by atoms with Crippen LogP contribution in [0, 0.1) is 0 Å². The van der Waals surface area contributed by atoms with Gasteiger partial charge in [0.25, 0.3) is 0 Å². The van der Waals surface area contributed by atoms with E-state index in [1.54, 1.807) is 0 Å². The molecule has 10 aromatic rings. The molecule has 0 fully saturated rings. The van der Waals surface area contributed by atoms with E-state index in [-0.39, 0.29) is 0 Å². The zero-order valence-electron chi connectivity index (χ0n) is 25.4. The fourth-order valence-electron chi connectivity index (χ4n) is 7.22. The number of anilines is 3. The Bertz CT molecular complexity index is 2810. The number of rotatable bonds is 4. The fourth-order valence-corrected chi connectivity index (χ4v) is 7.22. The van der Waals surface area contributed by atoms with Crippen LogP contribution in [0.3, 0.4) is 0 Å². The standard InChI is InChI=1S/C44H27NO2/c1-2-10-28(11-3-1)29-18-21-37-39-23-20-32(27-44(39)47-42(37)25-29)45(31-19-22-38-36-16-8-9-17-41(36)46-43(38)26-31)40-24-30-12-4-5-13-33(30)34-14-6-7-15-35(34)40/h1-27H. The predicted octanol–water partition coefficient (Wildman–Crippen LogP) is 12.9. The van der Waals surface area contributed by atoms with Gasteiger partial charge in [-0.15, -0.1) is 0 Å². The van der Waals surface area contributed by atoms with Crippen LogP contribution >= 0.6 is 0 Å². The first-order valence-electron chi connectivity index (χ1n) is 15.9. The van der Waals surface area contributed by atoms with Crippen LogP contribution in [0.1, 0.15) is 0 Å². The molecule has 0 bridgehead atoms. The highest BCUT2D eigenvalue weighted by Gasteiger charge is 2.20. The van der Waals surface area contributed by atoms with Crippen LogP contribution in [0.25, 0.3) is 76.5 Å². The van der Waals surface area contributed by atoms with E-state index in [1.165, 1.54) is 27.1 Å². The third kappa shape index (κ3) is 4.07. The number of nitrogens with zero attached hydrogens (tertiary/aromatic N) is 1. The Hall–Kier alpha value is -6.32. The maximum Gasteiger partial charge on any atom is 0.137 e. The quantitative estimate of drug-likeness (QED) is 0.188. The van der Waals surface area contributed by atoms with Crippen molar-refractivity contribution in [3.05, 3.63) is 164 Å². The molecule has 0 saturated carbocycles. The van der Waals surface area contributed by atoms with E-state index < -0.39 is 0 Å². The third-order valence-corrected chi connectivity index (χ3v) is 9.43. The predicted molar refractivity (Wildman–Crippen MR) is 196 cm³/mol. The summed E-state index contributed by atoms with van der Waals surface area (Å²) in [5.74, 6) is 0. The van der Waals surface area contributed by atoms with Crippen molar-refractivity contribution < 1.29 is 8.83 Å². The molecule has 2 aromatic heterocycles. The van der Waals surface area contributed by atoms with Crippen molar-refractivity contribution in [2.45, 2.75) is 0 Å². The van der Waals surface area contributed by atoms with Crippen LogP contribution in [-0.4, -0.2) is 0 Å². The van der Waals surface area contributed by atoms with Crippen molar-refractivity contribution in [3.8, 4) is 11.1 Å². The molecule has 0 N–H and O–H groups in total. The number of benzene rings is 8. The summed E-state index contributed by atoms with van der Waals surface area (Å²) in [5.41, 5.74) is 8.91. The molecule has 0 aliphatic rings. The monoisotopic (exact) mass is 601 g/mol. The minimum absolute atomic E-state index is 0.850. The third-order valence-electron chi connectivity index (χ3n) is 9.43. The van der Waals surface area contributed by atoms with Gasteiger partial charge in [0.2, 0.25) is 0 Å². The molecule has 3 nitrogen and oxygen atoms in total. The summed E-state index contributed by atoms with van der Waals surface area (Å²) in [6, 6.07) is 57.9. The largest absolute Gasteiger partial charge is 0.456 e. The molecule has 0 aliphatic carbocycles. The summed E-state index contributed by atoms with van der Waals surface area (Å²) in [5, 5.41) is 9.25. The van der Waals surface area contributed by atoms with E-state index in [9.17, 15) is 0 Å². The summed E-state index contributed by atoms with van der Waals surface area (Å²) in [6.07, 6.45) is 0. The van der Waals surface area contributed by atoms with E-state index in [0.29, 0.717) is 0 Å². The Kier molecular flexibility index (Phi) is 5.57. The van der Waals surface area contributed by atoms with Crippen molar-refractivity contribution in [2.75, 3.05) is 4.90 Å². The smallest absolute Gasteiger partial charge is 0.137 e. The minimum atomic E-state index is 0.850. The van der Waals surface area contributed by atoms with Gasteiger partial charge in [-0.05, 0) is 75.8 Å². The molecule has 0 unspecified atom stereocenters. The van der Waals surface area contributed by atoms with Crippen molar-refractivity contribution in [1.29, 1.82) is 0 Å². The van der Waals surface area contributed by atoms with E-state index in [2.05, 4.69) is 150 Å². The lowest BCUT2D eigenvalue weighted by Gasteiger charge is -2.27. The molecule has 0 saturated heterocycles. The zero-order chi connectivity index (χ0) is 30.9. The maximum atomic E-state index is 6.60. The molecule has 0 spiro atoms. The first-order valence-corrected chi connectivity index (χ1v) is 15.9. The average molecular weight is 602 g/mol. The van der Waals surface area contributed by atoms with Gasteiger partial charge in [0, 0.05) is 50.4 Å². The summed E-state index contributed by atoms with van der Waals surface area (Å²) in [7, 11) is 0. The Morgan fingerprint density at radius 1 is 0.319 bits per heavy atom. The first-order chi connectivity index (χ1) is 23.3. The Morgan fingerprint density at radius 2 is 0.851 bits per heavy atom. The van der Waals surface area contributed by atoms with Crippen LogP contribution in [0.2, 0.25) is 0 Å². The van der Waals surface area contributed by atoms with E-state index in [1.807, 2.05) is 18.2 Å². The van der Waals surface area contributed by atoms with Gasteiger partial charge < -0.3 is 13.7 Å². The number of hydrogen-bond acceptors (Lipinski definition) is 3. The van der Waals surface area contributed by atoms with Gasteiger partial charge in [0.15, 0.2) is 0 Å². The van der Waals surface area contributed by atoms with Gasteiger partial charge in [-0.25, -0.2) is 0 Å². The van der Waals surface area contributed by atoms with Gasteiger partial charge in [-0.1, -0.05) is 103 Å². The van der Waals surface area contributed by atoms with Crippen molar-refractivity contribution in [1.82, 2.24) is 0 Å². The lowest BCUT2D eigenvalue weighted by Crippen LogP contribution is -2.10. The normalized spacial score (nSPS) is 11.8. The van der Waals surface area contributed by atoms with E-state index in [0.717, 1.165) is 66.5 Å². The zero-order valence-corrected chi connectivity index (χ0v) is 25.4. The Morgan fingerprint density at radius 3 is 1.60 bits per heavy atom. The number of furan rings is 2. The maximum absolute atomic E-state index is 6.60. The molecule has 220 valence electrons. The lowest BCUT2D eigenvalue weighted by atomic mass is 9.98. The molecule has 47 heavy (non-hydrogen) atoms. The Balaban J connectivity index is 1.22. The van der Waals surface area contributed by atoms with Gasteiger partial charge in [0.05, 0.1) is 5.69 Å². The molecule has 0 aliphatic heterocycles. The molecule has 0 amide bonds. The van der Waals surface area contributed by atoms with Crippen molar-refractivity contribution in [2.24, 2.45) is 0 Å². The summed E-state index contributed by atoms with van der Waals surface area (Å²) in [4.78, 5) is 2.34. The second-order valence-electron chi connectivity index (χ2n) is 12.1. The molecule has 10 rings (SSSR count). The highest BCUT2D eigenvalue weighted by atomic mass is 16.3. The van der Waals surface area contributed by atoms with Crippen LogP contribution < -0.4 is 4.90 Å². The number of fused-ring (bicyclic) bond motifs is 9. The van der Waals surface area contributed by atoms with E-state index >= 15 is 0 Å². The molecule has 8 aromatic carbocycles. The van der Waals surface area contributed by atoms with Crippen LogP contribution in [0.15, 0.2) is 173 Å². The van der Waals surface area contributed by atoms with Gasteiger partial charge in [-0.3, -0.25) is 0 Å². The lowest BCUT2D eigenvalue weighted by molar-refractivity contribution is 0.669. The van der Waals surface area contributed by atoms with Crippen molar-refractivity contribution >= 4 is 82.5 Å².